The third-order valence-corrected chi connectivity index (χ3v) is 3.50. The van der Waals surface area contributed by atoms with E-state index in [0.717, 1.165) is 0 Å². The molecule has 1 rings (SSSR count). The van der Waals surface area contributed by atoms with E-state index in [4.69, 9.17) is 0 Å². The highest BCUT2D eigenvalue weighted by Crippen LogP contribution is 2.16. The molecule has 0 aliphatic rings. The maximum Gasteiger partial charge on any atom is 0.225 e. The third kappa shape index (κ3) is 5.84. The van der Waals surface area contributed by atoms with Crippen LogP contribution in [0.3, 0.4) is 0 Å². The Hall–Kier alpha value is -1.42. The maximum atomic E-state index is 13.6. The lowest BCUT2D eigenvalue weighted by molar-refractivity contribution is -0.137. The molecule has 1 aromatic carbocycles. The van der Waals surface area contributed by atoms with Crippen molar-refractivity contribution in [2.75, 3.05) is 13.1 Å². The second-order valence-electron chi connectivity index (χ2n) is 6.20. The molecule has 1 aromatic rings. The lowest BCUT2D eigenvalue weighted by atomic mass is 9.98. The quantitative estimate of drug-likeness (QED) is 0.840. The van der Waals surface area contributed by atoms with Crippen LogP contribution in [-0.2, 0) is 11.2 Å². The summed E-state index contributed by atoms with van der Waals surface area (Å²) in [6, 6.07) is 6.66. The van der Waals surface area contributed by atoms with Gasteiger partial charge in [0.15, 0.2) is 0 Å². The zero-order valence-corrected chi connectivity index (χ0v) is 13.4. The molecule has 1 N–H and O–H groups in total. The molecule has 0 spiro atoms. The predicted octanol–water partition coefficient (Wildman–Crippen LogP) is 3.01. The molecule has 21 heavy (non-hydrogen) atoms. The fourth-order valence-corrected chi connectivity index (χ4v) is 2.32. The van der Waals surface area contributed by atoms with Gasteiger partial charge in [-0.3, -0.25) is 4.79 Å². The largest absolute Gasteiger partial charge is 0.389 e. The lowest BCUT2D eigenvalue weighted by Gasteiger charge is -2.30. The van der Waals surface area contributed by atoms with Gasteiger partial charge in [0.25, 0.3) is 0 Å². The summed E-state index contributed by atoms with van der Waals surface area (Å²) in [5, 5.41) is 9.85. The monoisotopic (exact) mass is 295 g/mol. The first kappa shape index (κ1) is 17.6. The molecule has 0 aromatic heterocycles. The van der Waals surface area contributed by atoms with Gasteiger partial charge >= 0.3 is 0 Å². The van der Waals surface area contributed by atoms with Crippen LogP contribution in [0.1, 0.15) is 39.7 Å². The second-order valence-corrected chi connectivity index (χ2v) is 6.20. The highest BCUT2D eigenvalue weighted by molar-refractivity contribution is 5.78. The van der Waals surface area contributed by atoms with Gasteiger partial charge in [0.1, 0.15) is 5.82 Å². The molecule has 0 bridgehead atoms. The smallest absolute Gasteiger partial charge is 0.225 e. The van der Waals surface area contributed by atoms with Crippen molar-refractivity contribution in [2.24, 2.45) is 5.92 Å². The zero-order chi connectivity index (χ0) is 16.0. The van der Waals surface area contributed by atoms with Crippen molar-refractivity contribution < 1.29 is 14.3 Å². The van der Waals surface area contributed by atoms with Crippen LogP contribution >= 0.6 is 0 Å². The first-order chi connectivity index (χ1) is 9.74. The maximum absolute atomic E-state index is 13.6. The molecule has 3 nitrogen and oxygen atoms in total. The molecular formula is C17H26FNO2. The summed E-state index contributed by atoms with van der Waals surface area (Å²) in [5.74, 6) is -0.399. The molecule has 0 saturated heterocycles. The van der Waals surface area contributed by atoms with Gasteiger partial charge in [0.2, 0.25) is 5.91 Å². The van der Waals surface area contributed by atoms with Crippen molar-refractivity contribution in [2.45, 2.75) is 46.1 Å². The van der Waals surface area contributed by atoms with Crippen LogP contribution in [0.5, 0.6) is 0 Å². The average Bonchev–Trinajstić information content (AvgIpc) is 2.41. The number of rotatable bonds is 7. The van der Waals surface area contributed by atoms with Crippen LogP contribution in [0, 0.1) is 11.7 Å². The topological polar surface area (TPSA) is 40.5 Å². The Balaban J connectivity index is 2.59. The molecular weight excluding hydrogens is 269 g/mol. The van der Waals surface area contributed by atoms with Crippen LogP contribution in [0.4, 0.5) is 4.39 Å². The molecule has 0 saturated carbocycles. The molecule has 1 amide bonds. The van der Waals surface area contributed by atoms with E-state index in [9.17, 15) is 14.3 Å². The lowest BCUT2D eigenvalue weighted by Crippen LogP contribution is -2.44. The van der Waals surface area contributed by atoms with Crippen molar-refractivity contribution in [3.05, 3.63) is 35.6 Å². The molecule has 1 unspecified atom stereocenters. The number of carbonyl (C=O) groups is 1. The highest BCUT2D eigenvalue weighted by atomic mass is 19.1. The summed E-state index contributed by atoms with van der Waals surface area (Å²) >= 11 is 0. The van der Waals surface area contributed by atoms with E-state index in [1.165, 1.54) is 6.07 Å². The number of amides is 1. The summed E-state index contributed by atoms with van der Waals surface area (Å²) < 4.78 is 13.6. The van der Waals surface area contributed by atoms with Crippen LogP contribution in [0.2, 0.25) is 0 Å². The van der Waals surface area contributed by atoms with Gasteiger partial charge in [-0.15, -0.1) is 0 Å². The van der Waals surface area contributed by atoms with E-state index < -0.39 is 5.60 Å². The Labute approximate surface area is 126 Å². The van der Waals surface area contributed by atoms with Crippen LogP contribution in [-0.4, -0.2) is 34.6 Å². The molecule has 0 fully saturated rings. The Bertz CT molecular complexity index is 468. The molecule has 4 heteroatoms. The number of carbonyl (C=O) groups excluding carboxylic acids is 1. The van der Waals surface area contributed by atoms with E-state index in [1.807, 2.05) is 13.8 Å². The number of likely N-dealkylation sites (N-methyl/N-ethyl adjacent to an activating group) is 1. The molecule has 1 atom stereocenters. The van der Waals surface area contributed by atoms with Crippen molar-refractivity contribution in [3.63, 3.8) is 0 Å². The van der Waals surface area contributed by atoms with Gasteiger partial charge < -0.3 is 10.0 Å². The standard InChI is InChI=1S/C17H26FNO2/c1-5-19(12-17(3,4)21)16(20)13(2)10-11-14-8-6-7-9-15(14)18/h6-9,13,21H,5,10-12H2,1-4H3. The Kier molecular flexibility index (Phi) is 6.34. The summed E-state index contributed by atoms with van der Waals surface area (Å²) in [7, 11) is 0. The number of hydrogen-bond donors (Lipinski definition) is 1. The van der Waals surface area contributed by atoms with Crippen molar-refractivity contribution in [3.8, 4) is 0 Å². The van der Waals surface area contributed by atoms with E-state index in [2.05, 4.69) is 0 Å². The first-order valence-electron chi connectivity index (χ1n) is 7.49. The van der Waals surface area contributed by atoms with Gasteiger partial charge in [-0.2, -0.15) is 0 Å². The van der Waals surface area contributed by atoms with Gasteiger partial charge in [-0.25, -0.2) is 4.39 Å². The van der Waals surface area contributed by atoms with Gasteiger partial charge in [0.05, 0.1) is 5.60 Å². The molecule has 0 aliphatic heterocycles. The third-order valence-electron chi connectivity index (χ3n) is 3.50. The fraction of sp³-hybridized carbons (Fsp3) is 0.588. The van der Waals surface area contributed by atoms with Crippen molar-refractivity contribution in [1.82, 2.24) is 4.90 Å². The van der Waals surface area contributed by atoms with E-state index in [1.54, 1.807) is 36.9 Å². The Morgan fingerprint density at radius 1 is 1.38 bits per heavy atom. The van der Waals surface area contributed by atoms with Crippen molar-refractivity contribution >= 4 is 5.91 Å². The highest BCUT2D eigenvalue weighted by Gasteiger charge is 2.24. The predicted molar refractivity (Wildman–Crippen MR) is 82.4 cm³/mol. The van der Waals surface area contributed by atoms with Crippen molar-refractivity contribution in [1.29, 1.82) is 0 Å². The minimum absolute atomic E-state index is 0.0102. The fourth-order valence-electron chi connectivity index (χ4n) is 2.32. The van der Waals surface area contributed by atoms with E-state index in [-0.39, 0.29) is 17.6 Å². The summed E-state index contributed by atoms with van der Waals surface area (Å²) in [6.07, 6.45) is 1.14. The summed E-state index contributed by atoms with van der Waals surface area (Å²) in [6.45, 7) is 8.00. The first-order valence-corrected chi connectivity index (χ1v) is 7.49. The van der Waals surface area contributed by atoms with Crippen LogP contribution in [0.25, 0.3) is 0 Å². The zero-order valence-electron chi connectivity index (χ0n) is 13.4. The van der Waals surface area contributed by atoms with Crippen LogP contribution in [0.15, 0.2) is 24.3 Å². The molecule has 0 radical (unpaired) electrons. The summed E-state index contributed by atoms with van der Waals surface area (Å²) in [4.78, 5) is 14.0. The molecule has 118 valence electrons. The molecule has 0 heterocycles. The second kappa shape index (κ2) is 7.55. The normalized spacial score (nSPS) is 13.0. The van der Waals surface area contributed by atoms with E-state index in [0.29, 0.717) is 31.5 Å². The van der Waals surface area contributed by atoms with Gasteiger partial charge in [0, 0.05) is 19.0 Å². The SMILES string of the molecule is CCN(CC(C)(C)O)C(=O)C(C)CCc1ccccc1F. The number of nitrogens with zero attached hydrogens (tertiary/aromatic N) is 1. The Morgan fingerprint density at radius 3 is 2.52 bits per heavy atom. The average molecular weight is 295 g/mol. The number of hydrogen-bond acceptors (Lipinski definition) is 2. The minimum Gasteiger partial charge on any atom is -0.389 e. The van der Waals surface area contributed by atoms with E-state index >= 15 is 0 Å². The van der Waals surface area contributed by atoms with Crippen LogP contribution < -0.4 is 0 Å². The number of aryl methyl sites for hydroxylation is 1. The van der Waals surface area contributed by atoms with Gasteiger partial charge in [-0.1, -0.05) is 25.1 Å². The summed E-state index contributed by atoms with van der Waals surface area (Å²) in [5.41, 5.74) is -0.264. The minimum atomic E-state index is -0.906. The molecule has 0 aliphatic carbocycles. The Morgan fingerprint density at radius 2 is 2.00 bits per heavy atom. The van der Waals surface area contributed by atoms with Gasteiger partial charge in [-0.05, 0) is 45.2 Å². The number of benzene rings is 1. The number of aliphatic hydroxyl groups is 1. The number of halogens is 1.